The number of benzene rings is 11. The van der Waals surface area contributed by atoms with Crippen LogP contribution in [0.15, 0.2) is 225 Å². The molecule has 1 nitrogen and oxygen atoms in total. The first kappa shape index (κ1) is 39.7. The van der Waals surface area contributed by atoms with Crippen molar-refractivity contribution < 1.29 is 0 Å². The molecule has 0 bridgehead atoms. The SMILES string of the molecule is C=C(CCCS)c1c2ccccc2c(-c2ccc3cc(-c4c5ccccc5c(-c5cccc(C6=C=Cc7ccccc7N6c6ccccc6)c5)c5ccccc45)ccc3c2)c2ccccc12. The highest BCUT2D eigenvalue weighted by Crippen LogP contribution is 2.47. The maximum atomic E-state index is 4.60. The summed E-state index contributed by atoms with van der Waals surface area (Å²) in [5.74, 6) is 0.847. The first-order chi connectivity index (χ1) is 32.6. The van der Waals surface area contributed by atoms with Crippen molar-refractivity contribution in [1.82, 2.24) is 0 Å². The van der Waals surface area contributed by atoms with Crippen molar-refractivity contribution in [3.63, 3.8) is 0 Å². The Bertz CT molecular complexity index is 3700. The smallest absolute Gasteiger partial charge is 0.0964 e. The van der Waals surface area contributed by atoms with Crippen LogP contribution in [0.4, 0.5) is 11.4 Å². The minimum Gasteiger partial charge on any atom is -0.303 e. The van der Waals surface area contributed by atoms with E-state index in [1.807, 2.05) is 0 Å². The first-order valence-corrected chi connectivity index (χ1v) is 23.5. The molecule has 1 heterocycles. The maximum Gasteiger partial charge on any atom is 0.0964 e. The average molecular weight is 860 g/mol. The molecule has 0 spiro atoms. The molecule has 11 aromatic carbocycles. The summed E-state index contributed by atoms with van der Waals surface area (Å²) in [4.78, 5) is 2.33. The molecule has 11 aromatic rings. The molecule has 0 N–H and O–H groups in total. The molecule has 0 fully saturated rings. The van der Waals surface area contributed by atoms with Gasteiger partial charge in [0.15, 0.2) is 0 Å². The van der Waals surface area contributed by atoms with Gasteiger partial charge >= 0.3 is 0 Å². The van der Waals surface area contributed by atoms with Crippen LogP contribution in [0.5, 0.6) is 0 Å². The highest BCUT2D eigenvalue weighted by molar-refractivity contribution is 7.80. The van der Waals surface area contributed by atoms with E-state index in [4.69, 9.17) is 0 Å². The molecular formula is C64H45NS. The second kappa shape index (κ2) is 16.6. The quantitative estimate of drug-likeness (QED) is 0.0860. The Morgan fingerprint density at radius 1 is 0.439 bits per heavy atom. The van der Waals surface area contributed by atoms with Crippen LogP contribution in [0.1, 0.15) is 29.5 Å². The third kappa shape index (κ3) is 6.65. The molecule has 0 radical (unpaired) electrons. The van der Waals surface area contributed by atoms with E-state index in [2.05, 4.69) is 248 Å². The minimum atomic E-state index is 0.847. The Hall–Kier alpha value is -7.87. The van der Waals surface area contributed by atoms with Gasteiger partial charge in [0.2, 0.25) is 0 Å². The molecule has 0 aliphatic carbocycles. The van der Waals surface area contributed by atoms with Crippen molar-refractivity contribution in [3.8, 4) is 33.4 Å². The molecule has 66 heavy (non-hydrogen) atoms. The van der Waals surface area contributed by atoms with Gasteiger partial charge in [0.05, 0.1) is 11.4 Å². The van der Waals surface area contributed by atoms with Crippen LogP contribution in [-0.4, -0.2) is 5.75 Å². The van der Waals surface area contributed by atoms with Gasteiger partial charge in [-0.25, -0.2) is 0 Å². The van der Waals surface area contributed by atoms with E-state index < -0.39 is 0 Å². The van der Waals surface area contributed by atoms with Crippen molar-refractivity contribution in [2.24, 2.45) is 0 Å². The van der Waals surface area contributed by atoms with Crippen LogP contribution < -0.4 is 4.90 Å². The van der Waals surface area contributed by atoms with Crippen LogP contribution in [-0.2, 0) is 0 Å². The lowest BCUT2D eigenvalue weighted by Crippen LogP contribution is -2.17. The minimum absolute atomic E-state index is 0.847. The summed E-state index contributed by atoms with van der Waals surface area (Å²) in [6.07, 6.45) is 4.05. The van der Waals surface area contributed by atoms with Crippen molar-refractivity contribution in [3.05, 3.63) is 241 Å². The Labute approximate surface area is 391 Å². The number of thiol groups is 1. The van der Waals surface area contributed by atoms with Gasteiger partial charge in [0, 0.05) is 16.8 Å². The fourth-order valence-electron chi connectivity index (χ4n) is 10.6. The normalized spacial score (nSPS) is 12.3. The first-order valence-electron chi connectivity index (χ1n) is 22.9. The second-order valence-electron chi connectivity index (χ2n) is 17.3. The van der Waals surface area contributed by atoms with Crippen molar-refractivity contribution in [2.45, 2.75) is 12.8 Å². The van der Waals surface area contributed by atoms with E-state index >= 15 is 0 Å². The number of rotatable bonds is 9. The van der Waals surface area contributed by atoms with E-state index in [1.165, 1.54) is 98.4 Å². The average Bonchev–Trinajstić information content (AvgIpc) is 3.38. The summed E-state index contributed by atoms with van der Waals surface area (Å²) in [6.45, 7) is 4.60. The summed E-state index contributed by atoms with van der Waals surface area (Å²) in [7, 11) is 0. The lowest BCUT2D eigenvalue weighted by Gasteiger charge is -2.30. The summed E-state index contributed by atoms with van der Waals surface area (Å²) in [5, 5.41) is 12.4. The Morgan fingerprint density at radius 3 is 1.44 bits per heavy atom. The van der Waals surface area contributed by atoms with Gasteiger partial charge in [0.25, 0.3) is 0 Å². The highest BCUT2D eigenvalue weighted by atomic mass is 32.1. The number of para-hydroxylation sites is 2. The molecule has 0 saturated carbocycles. The van der Waals surface area contributed by atoms with Crippen molar-refractivity contribution in [1.29, 1.82) is 0 Å². The van der Waals surface area contributed by atoms with Crippen molar-refractivity contribution >= 4 is 95.2 Å². The molecule has 2 heteroatoms. The van der Waals surface area contributed by atoms with Gasteiger partial charge in [0.1, 0.15) is 0 Å². The Morgan fingerprint density at radius 2 is 0.894 bits per heavy atom. The zero-order valence-electron chi connectivity index (χ0n) is 36.5. The third-order valence-electron chi connectivity index (χ3n) is 13.5. The summed E-state index contributed by atoms with van der Waals surface area (Å²) in [6, 6.07) is 77.8. The lowest BCUT2D eigenvalue weighted by atomic mass is 9.84. The Kier molecular flexibility index (Phi) is 9.99. The number of allylic oxidation sites excluding steroid dienone is 1. The number of hydrogen-bond donors (Lipinski definition) is 1. The van der Waals surface area contributed by atoms with Gasteiger partial charge in [-0.3, -0.25) is 0 Å². The molecule has 0 saturated heterocycles. The molecule has 312 valence electrons. The third-order valence-corrected chi connectivity index (χ3v) is 13.8. The van der Waals surface area contributed by atoms with E-state index in [9.17, 15) is 0 Å². The molecule has 12 rings (SSSR count). The van der Waals surface area contributed by atoms with E-state index in [0.717, 1.165) is 46.8 Å². The predicted octanol–water partition coefficient (Wildman–Crippen LogP) is 18.0. The number of hydrogen-bond acceptors (Lipinski definition) is 2. The second-order valence-corrected chi connectivity index (χ2v) is 17.8. The largest absolute Gasteiger partial charge is 0.303 e. The van der Waals surface area contributed by atoms with E-state index in [0.29, 0.717) is 0 Å². The summed E-state index contributed by atoms with van der Waals surface area (Å²) in [5.41, 5.74) is 19.0. The van der Waals surface area contributed by atoms with E-state index in [1.54, 1.807) is 0 Å². The number of nitrogens with zero attached hydrogens (tertiary/aromatic N) is 1. The Balaban J connectivity index is 0.990. The summed E-state index contributed by atoms with van der Waals surface area (Å²) < 4.78 is 0. The van der Waals surface area contributed by atoms with Crippen molar-refractivity contribution in [2.75, 3.05) is 10.7 Å². The molecule has 0 unspecified atom stereocenters. The molecule has 1 aliphatic heterocycles. The number of fused-ring (bicyclic) bond motifs is 6. The van der Waals surface area contributed by atoms with Gasteiger partial charge < -0.3 is 4.90 Å². The van der Waals surface area contributed by atoms with Gasteiger partial charge in [-0.1, -0.05) is 188 Å². The molecule has 1 aliphatic rings. The van der Waals surface area contributed by atoms with Crippen LogP contribution in [0.25, 0.3) is 105 Å². The van der Waals surface area contributed by atoms with Crippen LogP contribution in [0.3, 0.4) is 0 Å². The van der Waals surface area contributed by atoms with Crippen LogP contribution >= 0.6 is 12.6 Å². The maximum absolute atomic E-state index is 4.60. The lowest BCUT2D eigenvalue weighted by molar-refractivity contribution is 0.995. The molecule has 0 atom stereocenters. The monoisotopic (exact) mass is 859 g/mol. The zero-order valence-corrected chi connectivity index (χ0v) is 37.4. The summed E-state index contributed by atoms with van der Waals surface area (Å²) >= 11 is 4.51. The van der Waals surface area contributed by atoms with Crippen LogP contribution in [0, 0.1) is 0 Å². The standard InChI is InChI=1S/C64H45NS/c1-42(17-16-38-66)61-51-23-6-8-25-53(51)63(54-26-9-7-24-52(54)61)48-34-32-45-40-49(35-33-44(45)39-48)64-57-29-12-10-27-55(57)62(56-28-11-13-30-58(56)64)47-20-15-19-46(41-47)60-37-36-43-18-5-14-31-59(43)65(60)50-21-3-2-4-22-50/h2-15,18-36,39-41,66H,1,16-17,38H2. The number of anilines is 2. The molecule has 0 amide bonds. The van der Waals surface area contributed by atoms with E-state index in [-0.39, 0.29) is 0 Å². The fraction of sp³-hybridized carbons (Fsp3) is 0.0469. The predicted molar refractivity (Wildman–Crippen MR) is 289 cm³/mol. The highest BCUT2D eigenvalue weighted by Gasteiger charge is 2.23. The van der Waals surface area contributed by atoms with Gasteiger partial charge in [-0.05, 0) is 159 Å². The molecular weight excluding hydrogens is 815 g/mol. The topological polar surface area (TPSA) is 3.24 Å². The van der Waals surface area contributed by atoms with Gasteiger partial charge in [-0.2, -0.15) is 12.6 Å². The zero-order chi connectivity index (χ0) is 44.1. The molecule has 0 aromatic heterocycles. The van der Waals surface area contributed by atoms with Crippen LogP contribution in [0.2, 0.25) is 0 Å². The van der Waals surface area contributed by atoms with Gasteiger partial charge in [-0.15, -0.1) is 0 Å². The fourth-order valence-corrected chi connectivity index (χ4v) is 10.7.